The lowest BCUT2D eigenvalue weighted by atomic mass is 10.2. The van der Waals surface area contributed by atoms with E-state index in [4.69, 9.17) is 5.21 Å². The first kappa shape index (κ1) is 12.3. The number of imidazole rings is 1. The molecule has 1 heterocycles. The average molecular weight is 238 g/mol. The van der Waals surface area contributed by atoms with E-state index in [1.165, 1.54) is 11.8 Å². The number of hydrogen-bond donors (Lipinski definition) is 1. The molecule has 5 heteroatoms. The summed E-state index contributed by atoms with van der Waals surface area (Å²) in [5, 5.41) is 11.5. The monoisotopic (exact) mass is 237 g/mol. The molecule has 0 aliphatic rings. The molecule has 2 rings (SSSR count). The summed E-state index contributed by atoms with van der Waals surface area (Å²) in [7, 11) is 0. The summed E-state index contributed by atoms with van der Waals surface area (Å²) in [5.74, 6) is 0. The Hall–Kier alpha value is -1.81. The molecular weight excluding hydrogens is 226 g/mol. The van der Waals surface area contributed by atoms with Crippen molar-refractivity contribution in [3.8, 4) is 0 Å². The molecule has 1 aromatic carbocycles. The number of benzene rings is 1. The van der Waals surface area contributed by atoms with E-state index in [2.05, 4.69) is 10.1 Å². The highest BCUT2D eigenvalue weighted by molar-refractivity contribution is 5.85. The number of halogens is 1. The molecule has 0 aliphatic heterocycles. The Kier molecular flexibility index (Phi) is 4.54. The van der Waals surface area contributed by atoms with Crippen LogP contribution < -0.4 is 0 Å². The van der Waals surface area contributed by atoms with E-state index in [1.54, 1.807) is 12.5 Å². The molecule has 0 bridgehead atoms. The lowest BCUT2D eigenvalue weighted by molar-refractivity contribution is 0.321. The molecule has 0 radical (unpaired) electrons. The van der Waals surface area contributed by atoms with Gasteiger partial charge in [0.1, 0.15) is 0 Å². The third kappa shape index (κ3) is 2.84. The van der Waals surface area contributed by atoms with E-state index < -0.39 is 0 Å². The van der Waals surface area contributed by atoms with Gasteiger partial charge in [-0.05, 0) is 5.56 Å². The number of hydrogen-bond acceptors (Lipinski definition) is 3. The second-order valence-electron chi connectivity index (χ2n) is 3.18. The van der Waals surface area contributed by atoms with E-state index in [9.17, 15) is 0 Å². The van der Waals surface area contributed by atoms with Gasteiger partial charge in [0.15, 0.2) is 0 Å². The molecule has 84 valence electrons. The Morgan fingerprint density at radius 3 is 2.75 bits per heavy atom. The Morgan fingerprint density at radius 2 is 2.06 bits per heavy atom. The van der Waals surface area contributed by atoms with Gasteiger partial charge >= 0.3 is 0 Å². The molecule has 0 atom stereocenters. The maximum absolute atomic E-state index is 8.46. The van der Waals surface area contributed by atoms with Crippen molar-refractivity contribution in [2.24, 2.45) is 5.16 Å². The van der Waals surface area contributed by atoms with Gasteiger partial charge in [-0.2, -0.15) is 0 Å². The van der Waals surface area contributed by atoms with Gasteiger partial charge in [-0.25, -0.2) is 4.98 Å². The second-order valence-corrected chi connectivity index (χ2v) is 3.18. The standard InChI is InChI=1S/C11H11N3O.ClH/c15-13-7-11-6-12-9-14(11)8-10-4-2-1-3-5-10;/h1-7,9,15H,8H2;1H/b13-7+;. The van der Waals surface area contributed by atoms with Gasteiger partial charge in [0.2, 0.25) is 0 Å². The minimum Gasteiger partial charge on any atom is -0.411 e. The zero-order valence-electron chi connectivity index (χ0n) is 8.52. The van der Waals surface area contributed by atoms with Crippen LogP contribution >= 0.6 is 12.4 Å². The lowest BCUT2D eigenvalue weighted by Crippen LogP contribution is -2.02. The minimum absolute atomic E-state index is 0. The highest BCUT2D eigenvalue weighted by atomic mass is 35.5. The summed E-state index contributed by atoms with van der Waals surface area (Å²) < 4.78 is 1.91. The first-order chi connectivity index (χ1) is 7.40. The molecular formula is C11H12ClN3O. The van der Waals surface area contributed by atoms with Gasteiger partial charge in [-0.3, -0.25) is 0 Å². The predicted molar refractivity (Wildman–Crippen MR) is 64.4 cm³/mol. The number of nitrogens with zero attached hydrogens (tertiary/aromatic N) is 3. The zero-order chi connectivity index (χ0) is 10.5. The van der Waals surface area contributed by atoms with Gasteiger partial charge in [-0.15, -0.1) is 12.4 Å². The summed E-state index contributed by atoms with van der Waals surface area (Å²) in [6.45, 7) is 0.724. The maximum Gasteiger partial charge on any atom is 0.0954 e. The van der Waals surface area contributed by atoms with Crippen molar-refractivity contribution in [2.45, 2.75) is 6.54 Å². The van der Waals surface area contributed by atoms with Gasteiger partial charge in [0, 0.05) is 6.54 Å². The van der Waals surface area contributed by atoms with Crippen LogP contribution in [0.5, 0.6) is 0 Å². The Bertz CT molecular complexity index is 453. The molecule has 0 saturated carbocycles. The summed E-state index contributed by atoms with van der Waals surface area (Å²) in [6, 6.07) is 10.0. The molecule has 0 amide bonds. The highest BCUT2D eigenvalue weighted by Gasteiger charge is 1.99. The third-order valence-corrected chi connectivity index (χ3v) is 2.13. The van der Waals surface area contributed by atoms with Crippen LogP contribution in [0.1, 0.15) is 11.3 Å². The van der Waals surface area contributed by atoms with Crippen molar-refractivity contribution < 1.29 is 5.21 Å². The number of oxime groups is 1. The molecule has 0 unspecified atom stereocenters. The topological polar surface area (TPSA) is 50.4 Å². The van der Waals surface area contributed by atoms with Gasteiger partial charge < -0.3 is 9.77 Å². The molecule has 1 N–H and O–H groups in total. The summed E-state index contributed by atoms with van der Waals surface area (Å²) in [6.07, 6.45) is 4.74. The van der Waals surface area contributed by atoms with E-state index in [-0.39, 0.29) is 12.4 Å². The zero-order valence-corrected chi connectivity index (χ0v) is 9.34. The van der Waals surface area contributed by atoms with Crippen LogP contribution in [0.4, 0.5) is 0 Å². The van der Waals surface area contributed by atoms with Gasteiger partial charge in [0.25, 0.3) is 0 Å². The molecule has 2 aromatic rings. The molecule has 4 nitrogen and oxygen atoms in total. The molecule has 1 aromatic heterocycles. The lowest BCUT2D eigenvalue weighted by Gasteiger charge is -2.04. The Balaban J connectivity index is 0.00000128. The first-order valence-corrected chi connectivity index (χ1v) is 4.61. The van der Waals surface area contributed by atoms with Crippen LogP contribution in [0.2, 0.25) is 0 Å². The van der Waals surface area contributed by atoms with Crippen molar-refractivity contribution in [2.75, 3.05) is 0 Å². The average Bonchev–Trinajstić information content (AvgIpc) is 2.68. The van der Waals surface area contributed by atoms with E-state index >= 15 is 0 Å². The number of aromatic nitrogens is 2. The van der Waals surface area contributed by atoms with E-state index in [1.807, 2.05) is 34.9 Å². The summed E-state index contributed by atoms with van der Waals surface area (Å²) in [5.41, 5.74) is 1.96. The SMILES string of the molecule is Cl.O/N=C/c1cncn1Cc1ccccc1. The quantitative estimate of drug-likeness (QED) is 0.505. The van der Waals surface area contributed by atoms with Crippen LogP contribution in [-0.2, 0) is 6.54 Å². The van der Waals surface area contributed by atoms with Crippen molar-refractivity contribution in [1.82, 2.24) is 9.55 Å². The predicted octanol–water partition coefficient (Wildman–Crippen LogP) is 2.16. The molecule has 0 saturated heterocycles. The largest absolute Gasteiger partial charge is 0.411 e. The fourth-order valence-corrected chi connectivity index (χ4v) is 1.41. The molecule has 16 heavy (non-hydrogen) atoms. The summed E-state index contributed by atoms with van der Waals surface area (Å²) >= 11 is 0. The summed E-state index contributed by atoms with van der Waals surface area (Å²) in [4.78, 5) is 4.00. The molecule has 0 aliphatic carbocycles. The minimum atomic E-state index is 0. The second kappa shape index (κ2) is 5.92. The van der Waals surface area contributed by atoms with Crippen LogP contribution in [0, 0.1) is 0 Å². The van der Waals surface area contributed by atoms with Crippen molar-refractivity contribution in [3.05, 3.63) is 54.1 Å². The van der Waals surface area contributed by atoms with E-state index in [0.29, 0.717) is 0 Å². The first-order valence-electron chi connectivity index (χ1n) is 4.61. The maximum atomic E-state index is 8.46. The van der Waals surface area contributed by atoms with Crippen molar-refractivity contribution in [3.63, 3.8) is 0 Å². The van der Waals surface area contributed by atoms with Crippen LogP contribution in [0.25, 0.3) is 0 Å². The van der Waals surface area contributed by atoms with Crippen molar-refractivity contribution in [1.29, 1.82) is 0 Å². The van der Waals surface area contributed by atoms with Crippen LogP contribution in [-0.4, -0.2) is 21.0 Å². The third-order valence-electron chi connectivity index (χ3n) is 2.13. The number of rotatable bonds is 3. The Morgan fingerprint density at radius 1 is 1.31 bits per heavy atom. The molecule has 0 spiro atoms. The fraction of sp³-hybridized carbons (Fsp3) is 0.0909. The highest BCUT2D eigenvalue weighted by Crippen LogP contribution is 2.04. The van der Waals surface area contributed by atoms with E-state index in [0.717, 1.165) is 12.2 Å². The fourth-order valence-electron chi connectivity index (χ4n) is 1.41. The van der Waals surface area contributed by atoms with Crippen molar-refractivity contribution >= 4 is 18.6 Å². The Labute approximate surface area is 99.7 Å². The molecule has 0 fully saturated rings. The van der Waals surface area contributed by atoms with Crippen LogP contribution in [0.3, 0.4) is 0 Å². The normalized spacial score (nSPS) is 10.2. The van der Waals surface area contributed by atoms with Gasteiger partial charge in [0.05, 0.1) is 24.4 Å². The van der Waals surface area contributed by atoms with Crippen LogP contribution in [0.15, 0.2) is 48.0 Å². The smallest absolute Gasteiger partial charge is 0.0954 e. The van der Waals surface area contributed by atoms with Gasteiger partial charge in [-0.1, -0.05) is 35.5 Å².